The van der Waals surface area contributed by atoms with Gasteiger partial charge in [-0.2, -0.15) is 0 Å². The first-order valence-corrected chi connectivity index (χ1v) is 7.95. The Kier molecular flexibility index (Phi) is 2.35. The molecule has 4 fully saturated rings. The normalized spacial score (nSPS) is 40.3. The van der Waals surface area contributed by atoms with Crippen LogP contribution in [0.15, 0.2) is 17.5 Å². The highest BCUT2D eigenvalue weighted by atomic mass is 32.1. The summed E-state index contributed by atoms with van der Waals surface area (Å²) in [6.45, 7) is 0.723. The van der Waals surface area contributed by atoms with Crippen molar-refractivity contribution >= 4 is 17.2 Å². The van der Waals surface area contributed by atoms with Crippen LogP contribution in [-0.2, 0) is 11.3 Å². The Morgan fingerprint density at radius 1 is 1.33 bits per heavy atom. The second kappa shape index (κ2) is 3.83. The lowest BCUT2D eigenvalue weighted by molar-refractivity contribution is -0.133. The summed E-state index contributed by atoms with van der Waals surface area (Å²) in [5, 5.41) is 5.27. The van der Waals surface area contributed by atoms with Crippen LogP contribution < -0.4 is 5.32 Å². The van der Waals surface area contributed by atoms with Crippen molar-refractivity contribution < 1.29 is 4.79 Å². The van der Waals surface area contributed by atoms with Crippen LogP contribution in [0.25, 0.3) is 0 Å². The van der Waals surface area contributed by atoms with E-state index in [2.05, 4.69) is 16.8 Å². The fourth-order valence-corrected chi connectivity index (χ4v) is 5.57. The average Bonchev–Trinajstić information content (AvgIpc) is 3.00. The van der Waals surface area contributed by atoms with Gasteiger partial charge in [0, 0.05) is 4.88 Å². The van der Waals surface area contributed by atoms with Crippen LogP contribution in [0.1, 0.15) is 37.0 Å². The molecule has 3 heteroatoms. The molecule has 1 aromatic heterocycles. The van der Waals surface area contributed by atoms with Crippen molar-refractivity contribution in [3.05, 3.63) is 22.4 Å². The molecule has 0 saturated heterocycles. The highest BCUT2D eigenvalue weighted by Crippen LogP contribution is 2.65. The Hall–Kier alpha value is -0.830. The van der Waals surface area contributed by atoms with Crippen molar-refractivity contribution in [1.29, 1.82) is 0 Å². The molecule has 2 unspecified atom stereocenters. The summed E-state index contributed by atoms with van der Waals surface area (Å²) in [7, 11) is 0. The van der Waals surface area contributed by atoms with Crippen LogP contribution in [-0.4, -0.2) is 5.91 Å². The molecule has 0 aromatic carbocycles. The fourth-order valence-electron chi connectivity index (χ4n) is 4.92. The van der Waals surface area contributed by atoms with E-state index in [0.717, 1.165) is 18.4 Å². The van der Waals surface area contributed by atoms with Crippen LogP contribution in [0.4, 0.5) is 0 Å². The van der Waals surface area contributed by atoms with Gasteiger partial charge in [-0.3, -0.25) is 4.79 Å². The van der Waals surface area contributed by atoms with Crippen molar-refractivity contribution in [2.75, 3.05) is 0 Å². The van der Waals surface area contributed by atoms with Gasteiger partial charge in [0.25, 0.3) is 0 Å². The molecule has 18 heavy (non-hydrogen) atoms. The molecular formula is C15H19NOS. The second-order valence-electron chi connectivity index (χ2n) is 6.46. The number of nitrogens with one attached hydrogen (secondary N) is 1. The Labute approximate surface area is 112 Å². The molecule has 0 radical (unpaired) electrons. The number of thiophene rings is 1. The third-order valence-electron chi connectivity index (χ3n) is 5.45. The average molecular weight is 261 g/mol. The van der Waals surface area contributed by atoms with Crippen molar-refractivity contribution in [3.63, 3.8) is 0 Å². The predicted molar refractivity (Wildman–Crippen MR) is 72.2 cm³/mol. The summed E-state index contributed by atoms with van der Waals surface area (Å²) in [6.07, 6.45) is 6.39. The number of carbonyl (C=O) groups excluding carboxylic acids is 1. The topological polar surface area (TPSA) is 29.1 Å². The molecule has 5 rings (SSSR count). The molecule has 1 heterocycles. The van der Waals surface area contributed by atoms with Crippen molar-refractivity contribution in [1.82, 2.24) is 5.32 Å². The summed E-state index contributed by atoms with van der Waals surface area (Å²) >= 11 is 1.72. The fraction of sp³-hybridized carbons (Fsp3) is 0.667. The first-order chi connectivity index (χ1) is 8.76. The molecule has 4 saturated carbocycles. The van der Waals surface area contributed by atoms with Crippen LogP contribution in [0.5, 0.6) is 0 Å². The third kappa shape index (κ3) is 1.49. The zero-order chi connectivity index (χ0) is 12.2. The van der Waals surface area contributed by atoms with Gasteiger partial charge in [-0.25, -0.2) is 0 Å². The Bertz CT molecular complexity index is 453. The van der Waals surface area contributed by atoms with Gasteiger partial charge in [-0.05, 0) is 61.3 Å². The second-order valence-corrected chi connectivity index (χ2v) is 7.49. The van der Waals surface area contributed by atoms with Gasteiger partial charge < -0.3 is 5.32 Å². The standard InChI is InChI=1S/C15H19NOS/c17-14(16-9-13-2-1-3-18-13)15-7-10-4-11(8-15)6-12(15)5-10/h1-3,10-12H,4-9H2,(H,16,17). The van der Waals surface area contributed by atoms with Crippen LogP contribution in [0, 0.1) is 23.2 Å². The molecule has 4 aliphatic carbocycles. The van der Waals surface area contributed by atoms with E-state index in [1.165, 1.54) is 37.0 Å². The van der Waals surface area contributed by atoms with Gasteiger partial charge in [0.15, 0.2) is 0 Å². The molecule has 4 bridgehead atoms. The quantitative estimate of drug-likeness (QED) is 0.889. The van der Waals surface area contributed by atoms with Gasteiger partial charge in [-0.15, -0.1) is 11.3 Å². The Morgan fingerprint density at radius 2 is 2.11 bits per heavy atom. The molecule has 4 aliphatic rings. The minimum atomic E-state index is 0.0326. The van der Waals surface area contributed by atoms with E-state index in [9.17, 15) is 4.79 Å². The number of hydrogen-bond acceptors (Lipinski definition) is 2. The van der Waals surface area contributed by atoms with E-state index in [-0.39, 0.29) is 5.41 Å². The van der Waals surface area contributed by atoms with Crippen LogP contribution >= 0.6 is 11.3 Å². The van der Waals surface area contributed by atoms with Gasteiger partial charge in [-0.1, -0.05) is 6.07 Å². The maximum Gasteiger partial charge on any atom is 0.226 e. The Balaban J connectivity index is 1.48. The largest absolute Gasteiger partial charge is 0.351 e. The summed E-state index contributed by atoms with van der Waals surface area (Å²) in [6, 6.07) is 4.15. The van der Waals surface area contributed by atoms with Gasteiger partial charge in [0.1, 0.15) is 0 Å². The zero-order valence-electron chi connectivity index (χ0n) is 10.5. The maximum absolute atomic E-state index is 12.6. The number of carbonyl (C=O) groups is 1. The lowest BCUT2D eigenvalue weighted by Gasteiger charge is -2.31. The maximum atomic E-state index is 12.6. The van der Waals surface area contributed by atoms with E-state index in [1.54, 1.807) is 11.3 Å². The van der Waals surface area contributed by atoms with Gasteiger partial charge in [0.05, 0.1) is 12.0 Å². The predicted octanol–water partition coefficient (Wildman–Crippen LogP) is 3.19. The molecular weight excluding hydrogens is 242 g/mol. The highest BCUT2D eigenvalue weighted by Gasteiger charge is 2.61. The number of hydrogen-bond donors (Lipinski definition) is 1. The summed E-state index contributed by atoms with van der Waals surface area (Å²) < 4.78 is 0. The van der Waals surface area contributed by atoms with Crippen molar-refractivity contribution in [3.8, 4) is 0 Å². The lowest BCUT2D eigenvalue weighted by atomic mass is 9.75. The summed E-state index contributed by atoms with van der Waals surface area (Å²) in [5.74, 6) is 2.76. The first kappa shape index (κ1) is 11.0. The van der Waals surface area contributed by atoms with Crippen LogP contribution in [0.3, 0.4) is 0 Å². The monoisotopic (exact) mass is 261 g/mol. The van der Waals surface area contributed by atoms with E-state index in [4.69, 9.17) is 0 Å². The van der Waals surface area contributed by atoms with Crippen molar-refractivity contribution in [2.45, 2.75) is 38.6 Å². The highest BCUT2D eigenvalue weighted by molar-refractivity contribution is 7.09. The molecule has 2 atom stereocenters. The van der Waals surface area contributed by atoms with Gasteiger partial charge >= 0.3 is 0 Å². The smallest absolute Gasteiger partial charge is 0.226 e. The number of rotatable bonds is 3. The molecule has 0 spiro atoms. The van der Waals surface area contributed by atoms with E-state index >= 15 is 0 Å². The SMILES string of the molecule is O=C(NCc1cccs1)C12CC3CC(CC1C3)C2. The third-order valence-corrected chi connectivity index (χ3v) is 6.32. The molecule has 1 amide bonds. The first-order valence-electron chi connectivity index (χ1n) is 7.07. The molecule has 1 aromatic rings. The molecule has 0 aliphatic heterocycles. The van der Waals surface area contributed by atoms with E-state index in [1.807, 2.05) is 6.07 Å². The minimum absolute atomic E-state index is 0.0326. The molecule has 2 nitrogen and oxygen atoms in total. The van der Waals surface area contributed by atoms with E-state index in [0.29, 0.717) is 11.8 Å². The summed E-state index contributed by atoms with van der Waals surface area (Å²) in [5.41, 5.74) is 0.0326. The minimum Gasteiger partial charge on any atom is -0.351 e. The van der Waals surface area contributed by atoms with Gasteiger partial charge in [0.2, 0.25) is 5.91 Å². The van der Waals surface area contributed by atoms with Crippen molar-refractivity contribution in [2.24, 2.45) is 23.2 Å². The van der Waals surface area contributed by atoms with Crippen LogP contribution in [0.2, 0.25) is 0 Å². The lowest BCUT2D eigenvalue weighted by Crippen LogP contribution is -2.41. The molecule has 96 valence electrons. The summed E-state index contributed by atoms with van der Waals surface area (Å²) in [4.78, 5) is 13.9. The zero-order valence-corrected chi connectivity index (χ0v) is 11.3. The number of amides is 1. The van der Waals surface area contributed by atoms with E-state index < -0.39 is 0 Å². The Morgan fingerprint density at radius 3 is 2.78 bits per heavy atom. The molecule has 1 N–H and O–H groups in total.